The maximum atomic E-state index is 12.2. The first kappa shape index (κ1) is 12.5. The van der Waals surface area contributed by atoms with E-state index in [9.17, 15) is 9.90 Å². The molecule has 3 aromatic rings. The Morgan fingerprint density at radius 2 is 1.85 bits per heavy atom. The highest BCUT2D eigenvalue weighted by molar-refractivity contribution is 5.82. The molecule has 2 aromatic carbocycles. The Hall–Kier alpha value is -2.55. The first-order valence-corrected chi connectivity index (χ1v) is 6.55. The van der Waals surface area contributed by atoms with Crippen molar-refractivity contribution in [1.82, 2.24) is 0 Å². The van der Waals surface area contributed by atoms with Gasteiger partial charge in [0.25, 0.3) is 0 Å². The van der Waals surface area contributed by atoms with Crippen molar-refractivity contribution >= 4 is 11.0 Å². The summed E-state index contributed by atoms with van der Waals surface area (Å²) in [6.07, 6.45) is 0.862. The summed E-state index contributed by atoms with van der Waals surface area (Å²) in [4.78, 5) is 12.2. The summed E-state index contributed by atoms with van der Waals surface area (Å²) in [5.41, 5.74) is 1.88. The van der Waals surface area contributed by atoms with Crippen molar-refractivity contribution in [1.29, 1.82) is 0 Å². The van der Waals surface area contributed by atoms with Gasteiger partial charge in [0.15, 0.2) is 5.76 Å². The van der Waals surface area contributed by atoms with E-state index >= 15 is 0 Å². The van der Waals surface area contributed by atoms with Crippen LogP contribution in [0.2, 0.25) is 0 Å². The van der Waals surface area contributed by atoms with Crippen LogP contribution in [-0.2, 0) is 6.42 Å². The first-order chi connectivity index (χ1) is 9.70. The number of hydrogen-bond acceptors (Lipinski definition) is 3. The lowest BCUT2D eigenvalue weighted by Crippen LogP contribution is -2.02. The van der Waals surface area contributed by atoms with E-state index in [1.165, 1.54) is 0 Å². The van der Waals surface area contributed by atoms with Crippen molar-refractivity contribution in [2.45, 2.75) is 13.3 Å². The van der Waals surface area contributed by atoms with Gasteiger partial charge in [-0.05, 0) is 24.1 Å². The Morgan fingerprint density at radius 1 is 1.10 bits per heavy atom. The SMILES string of the molecule is CCc1ccc2c(=O)c(O)c(-c3ccccc3)oc2c1. The van der Waals surface area contributed by atoms with Gasteiger partial charge in [-0.3, -0.25) is 4.79 Å². The highest BCUT2D eigenvalue weighted by atomic mass is 16.4. The molecular weight excluding hydrogens is 252 g/mol. The molecule has 1 aromatic heterocycles. The van der Waals surface area contributed by atoms with Crippen LogP contribution < -0.4 is 5.43 Å². The number of rotatable bonds is 2. The molecule has 3 heteroatoms. The van der Waals surface area contributed by atoms with E-state index in [-0.39, 0.29) is 11.5 Å². The van der Waals surface area contributed by atoms with Crippen molar-refractivity contribution in [2.75, 3.05) is 0 Å². The van der Waals surface area contributed by atoms with Gasteiger partial charge in [0, 0.05) is 5.56 Å². The molecule has 0 aliphatic carbocycles. The Kier molecular flexibility index (Phi) is 3.03. The summed E-state index contributed by atoms with van der Waals surface area (Å²) in [5, 5.41) is 10.5. The topological polar surface area (TPSA) is 50.4 Å². The molecule has 100 valence electrons. The Bertz CT molecular complexity index is 817. The van der Waals surface area contributed by atoms with Crippen LogP contribution in [0, 0.1) is 0 Å². The number of benzene rings is 2. The van der Waals surface area contributed by atoms with Crippen molar-refractivity contribution < 1.29 is 9.52 Å². The fourth-order valence-corrected chi connectivity index (χ4v) is 2.23. The molecule has 0 amide bonds. The lowest BCUT2D eigenvalue weighted by molar-refractivity contribution is 0.449. The predicted octanol–water partition coefficient (Wildman–Crippen LogP) is 3.73. The van der Waals surface area contributed by atoms with Crippen LogP contribution >= 0.6 is 0 Å². The van der Waals surface area contributed by atoms with Crippen LogP contribution in [0.3, 0.4) is 0 Å². The molecule has 0 unspecified atom stereocenters. The van der Waals surface area contributed by atoms with E-state index in [4.69, 9.17) is 4.42 Å². The zero-order chi connectivity index (χ0) is 14.1. The van der Waals surface area contributed by atoms with Gasteiger partial charge in [0.05, 0.1) is 5.39 Å². The molecule has 0 aliphatic heterocycles. The van der Waals surface area contributed by atoms with E-state index in [1.807, 2.05) is 37.3 Å². The van der Waals surface area contributed by atoms with Gasteiger partial charge in [0.2, 0.25) is 11.2 Å². The van der Waals surface area contributed by atoms with E-state index in [2.05, 4.69) is 0 Å². The third-order valence-corrected chi connectivity index (χ3v) is 3.38. The molecule has 3 nitrogen and oxygen atoms in total. The molecule has 0 saturated heterocycles. The van der Waals surface area contributed by atoms with Crippen molar-refractivity contribution in [3.63, 3.8) is 0 Å². The summed E-state index contributed by atoms with van der Waals surface area (Å²) < 4.78 is 5.75. The maximum absolute atomic E-state index is 12.2. The van der Waals surface area contributed by atoms with Gasteiger partial charge in [-0.1, -0.05) is 43.3 Å². The number of aromatic hydroxyl groups is 1. The molecule has 1 heterocycles. The molecule has 3 rings (SSSR count). The average Bonchev–Trinajstić information content (AvgIpc) is 2.51. The van der Waals surface area contributed by atoms with Crippen LogP contribution in [0.5, 0.6) is 5.75 Å². The molecular formula is C17H14O3. The Morgan fingerprint density at radius 3 is 2.55 bits per heavy atom. The first-order valence-electron chi connectivity index (χ1n) is 6.55. The summed E-state index contributed by atoms with van der Waals surface area (Å²) >= 11 is 0. The highest BCUT2D eigenvalue weighted by Crippen LogP contribution is 2.29. The van der Waals surface area contributed by atoms with E-state index in [0.717, 1.165) is 12.0 Å². The van der Waals surface area contributed by atoms with Gasteiger partial charge in [0.1, 0.15) is 5.58 Å². The van der Waals surface area contributed by atoms with Crippen LogP contribution in [0.25, 0.3) is 22.3 Å². The molecule has 20 heavy (non-hydrogen) atoms. The molecule has 1 N–H and O–H groups in total. The summed E-state index contributed by atoms with van der Waals surface area (Å²) in [5.74, 6) is -0.121. The van der Waals surface area contributed by atoms with Gasteiger partial charge in [-0.2, -0.15) is 0 Å². The predicted molar refractivity (Wildman–Crippen MR) is 79.0 cm³/mol. The van der Waals surface area contributed by atoms with Crippen molar-refractivity contribution in [3.8, 4) is 17.1 Å². The van der Waals surface area contributed by atoms with Gasteiger partial charge >= 0.3 is 0 Å². The van der Waals surface area contributed by atoms with Crippen LogP contribution in [-0.4, -0.2) is 5.11 Å². The van der Waals surface area contributed by atoms with Gasteiger partial charge in [-0.25, -0.2) is 0 Å². The van der Waals surface area contributed by atoms with Crippen LogP contribution in [0.1, 0.15) is 12.5 Å². The fraction of sp³-hybridized carbons (Fsp3) is 0.118. The van der Waals surface area contributed by atoms with Crippen molar-refractivity contribution in [3.05, 3.63) is 64.3 Å². The molecule has 0 saturated carbocycles. The Labute approximate surface area is 116 Å². The molecule has 0 bridgehead atoms. The smallest absolute Gasteiger partial charge is 0.235 e. The third-order valence-electron chi connectivity index (χ3n) is 3.38. The summed E-state index contributed by atoms with van der Waals surface area (Å²) in [6.45, 7) is 2.04. The monoisotopic (exact) mass is 266 g/mol. The third kappa shape index (κ3) is 1.97. The second-order valence-electron chi connectivity index (χ2n) is 4.66. The van der Waals surface area contributed by atoms with Gasteiger partial charge < -0.3 is 9.52 Å². The Balaban J connectivity index is 2.34. The summed E-state index contributed by atoms with van der Waals surface area (Å²) in [7, 11) is 0. The lowest BCUT2D eigenvalue weighted by Gasteiger charge is -2.06. The summed E-state index contributed by atoms with van der Waals surface area (Å²) in [6, 6.07) is 14.6. The zero-order valence-corrected chi connectivity index (χ0v) is 11.1. The van der Waals surface area contributed by atoms with Crippen LogP contribution in [0.15, 0.2) is 57.7 Å². The van der Waals surface area contributed by atoms with Gasteiger partial charge in [-0.15, -0.1) is 0 Å². The number of fused-ring (bicyclic) bond motifs is 1. The number of aryl methyl sites for hydroxylation is 1. The van der Waals surface area contributed by atoms with Crippen molar-refractivity contribution in [2.24, 2.45) is 0 Å². The lowest BCUT2D eigenvalue weighted by atomic mass is 10.1. The molecule has 0 fully saturated rings. The average molecular weight is 266 g/mol. The number of hydrogen-bond donors (Lipinski definition) is 1. The van der Waals surface area contributed by atoms with E-state index in [0.29, 0.717) is 16.5 Å². The second kappa shape index (κ2) is 4.85. The minimum Gasteiger partial charge on any atom is -0.502 e. The fourth-order valence-electron chi connectivity index (χ4n) is 2.23. The second-order valence-corrected chi connectivity index (χ2v) is 4.66. The zero-order valence-electron chi connectivity index (χ0n) is 11.1. The minimum absolute atomic E-state index is 0.219. The minimum atomic E-state index is -0.396. The van der Waals surface area contributed by atoms with Crippen LogP contribution in [0.4, 0.5) is 0 Å². The van der Waals surface area contributed by atoms with E-state index < -0.39 is 5.43 Å². The normalized spacial score (nSPS) is 10.8. The maximum Gasteiger partial charge on any atom is 0.235 e. The standard InChI is InChI=1S/C17H14O3/c1-2-11-8-9-13-14(10-11)20-17(16(19)15(13)18)12-6-4-3-5-7-12/h3-10,19H,2H2,1H3. The molecule has 0 spiro atoms. The molecule has 0 aliphatic rings. The molecule has 0 atom stereocenters. The van der Waals surface area contributed by atoms with E-state index in [1.54, 1.807) is 18.2 Å². The molecule has 0 radical (unpaired) electrons. The largest absolute Gasteiger partial charge is 0.502 e. The quantitative estimate of drug-likeness (QED) is 0.769. The highest BCUT2D eigenvalue weighted by Gasteiger charge is 2.14.